The molecule has 1 aromatic rings. The fourth-order valence-corrected chi connectivity index (χ4v) is 1.57. The number of hydrogen-bond donors (Lipinski definition) is 3. The van der Waals surface area contributed by atoms with E-state index in [-0.39, 0.29) is 17.8 Å². The zero-order valence-electron chi connectivity index (χ0n) is 10.6. The molecule has 3 N–H and O–H groups in total. The van der Waals surface area contributed by atoms with Gasteiger partial charge in [0.1, 0.15) is 0 Å². The molecule has 18 heavy (non-hydrogen) atoms. The number of carbonyl (C=O) groups is 1. The summed E-state index contributed by atoms with van der Waals surface area (Å²) in [4.78, 5) is 12.0. The minimum Gasteiger partial charge on any atom is -0.390 e. The maximum absolute atomic E-state index is 12.0. The number of amides is 1. The fourth-order valence-electron chi connectivity index (χ4n) is 1.46. The largest absolute Gasteiger partial charge is 0.390 e. The van der Waals surface area contributed by atoms with Gasteiger partial charge in [-0.3, -0.25) is 4.79 Å². The molecule has 5 heteroatoms. The Morgan fingerprint density at radius 1 is 1.39 bits per heavy atom. The molecule has 100 valence electrons. The van der Waals surface area contributed by atoms with E-state index in [0.717, 1.165) is 0 Å². The Labute approximate surface area is 112 Å². The first-order chi connectivity index (χ1) is 8.54. The van der Waals surface area contributed by atoms with Crippen LogP contribution in [0.3, 0.4) is 0 Å². The van der Waals surface area contributed by atoms with Crippen molar-refractivity contribution in [3.63, 3.8) is 0 Å². The molecule has 0 bridgehead atoms. The number of para-hydroxylation sites is 1. The topological polar surface area (TPSA) is 61.4 Å². The predicted molar refractivity (Wildman–Crippen MR) is 74.3 cm³/mol. The van der Waals surface area contributed by atoms with E-state index >= 15 is 0 Å². The van der Waals surface area contributed by atoms with Crippen molar-refractivity contribution in [2.45, 2.75) is 26.0 Å². The molecule has 0 fully saturated rings. The molecule has 0 aromatic heterocycles. The number of halogens is 1. The molecule has 1 amide bonds. The highest BCUT2D eigenvalue weighted by atomic mass is 35.5. The molecule has 0 saturated carbocycles. The molecule has 0 aliphatic carbocycles. The summed E-state index contributed by atoms with van der Waals surface area (Å²) in [7, 11) is 0. The van der Waals surface area contributed by atoms with Gasteiger partial charge in [0.25, 0.3) is 5.91 Å². The van der Waals surface area contributed by atoms with Gasteiger partial charge in [-0.2, -0.15) is 0 Å². The van der Waals surface area contributed by atoms with Crippen LogP contribution in [0.15, 0.2) is 24.3 Å². The van der Waals surface area contributed by atoms with Crippen LogP contribution in [0.5, 0.6) is 0 Å². The van der Waals surface area contributed by atoms with Gasteiger partial charge in [-0.05, 0) is 26.0 Å². The van der Waals surface area contributed by atoms with Gasteiger partial charge >= 0.3 is 0 Å². The fraction of sp³-hybridized carbons (Fsp3) is 0.462. The van der Waals surface area contributed by atoms with E-state index in [9.17, 15) is 9.90 Å². The first-order valence-electron chi connectivity index (χ1n) is 5.92. The number of aliphatic hydroxyl groups excluding tert-OH is 1. The van der Waals surface area contributed by atoms with Crippen LogP contribution in [0.2, 0.25) is 0 Å². The highest BCUT2D eigenvalue weighted by Crippen LogP contribution is 2.15. The molecule has 0 saturated heterocycles. The van der Waals surface area contributed by atoms with Crippen LogP contribution in [-0.2, 0) is 0 Å². The quantitative estimate of drug-likeness (QED) is 0.691. The van der Waals surface area contributed by atoms with Crippen molar-refractivity contribution in [3.8, 4) is 0 Å². The van der Waals surface area contributed by atoms with Crippen LogP contribution in [0.4, 0.5) is 5.69 Å². The second-order valence-corrected chi connectivity index (χ2v) is 4.67. The lowest BCUT2D eigenvalue weighted by Gasteiger charge is -2.15. The Hall–Kier alpha value is -1.26. The van der Waals surface area contributed by atoms with E-state index < -0.39 is 6.10 Å². The van der Waals surface area contributed by atoms with Gasteiger partial charge in [-0.15, -0.1) is 11.6 Å². The van der Waals surface area contributed by atoms with E-state index in [4.69, 9.17) is 11.6 Å². The minimum atomic E-state index is -0.632. The molecular weight excluding hydrogens is 252 g/mol. The van der Waals surface area contributed by atoms with Crippen LogP contribution >= 0.6 is 11.6 Å². The molecule has 1 unspecified atom stereocenters. The van der Waals surface area contributed by atoms with Crippen molar-refractivity contribution in [1.82, 2.24) is 5.32 Å². The Bertz CT molecular complexity index is 396. The summed E-state index contributed by atoms with van der Waals surface area (Å²) in [5.74, 6) is 0.0290. The molecule has 0 aliphatic heterocycles. The molecule has 0 radical (unpaired) electrons. The SMILES string of the molecule is CC(C)NC(=O)c1ccccc1NCC(O)CCl. The lowest BCUT2D eigenvalue weighted by molar-refractivity contribution is 0.0943. The lowest BCUT2D eigenvalue weighted by atomic mass is 10.1. The first kappa shape index (κ1) is 14.8. The number of carbonyl (C=O) groups excluding carboxylic acids is 1. The van der Waals surface area contributed by atoms with Crippen molar-refractivity contribution >= 4 is 23.2 Å². The predicted octanol–water partition coefficient (Wildman–Crippen LogP) is 1.84. The van der Waals surface area contributed by atoms with Gasteiger partial charge in [0.05, 0.1) is 17.5 Å². The summed E-state index contributed by atoms with van der Waals surface area (Å²) < 4.78 is 0. The van der Waals surface area contributed by atoms with Crippen LogP contribution in [0.1, 0.15) is 24.2 Å². The van der Waals surface area contributed by atoms with Crippen LogP contribution < -0.4 is 10.6 Å². The average Bonchev–Trinajstić information content (AvgIpc) is 2.35. The second-order valence-electron chi connectivity index (χ2n) is 4.36. The van der Waals surface area contributed by atoms with Crippen molar-refractivity contribution < 1.29 is 9.90 Å². The summed E-state index contributed by atoms with van der Waals surface area (Å²) >= 11 is 5.52. The van der Waals surface area contributed by atoms with Gasteiger partial charge in [0.15, 0.2) is 0 Å². The van der Waals surface area contributed by atoms with Crippen LogP contribution in [0, 0.1) is 0 Å². The Morgan fingerprint density at radius 3 is 2.67 bits per heavy atom. The highest BCUT2D eigenvalue weighted by Gasteiger charge is 2.12. The van der Waals surface area contributed by atoms with Gasteiger partial charge in [0.2, 0.25) is 0 Å². The molecule has 1 aromatic carbocycles. The molecule has 0 spiro atoms. The zero-order valence-corrected chi connectivity index (χ0v) is 11.4. The van der Waals surface area contributed by atoms with Gasteiger partial charge in [0, 0.05) is 18.3 Å². The summed E-state index contributed by atoms with van der Waals surface area (Å²) in [6.07, 6.45) is -0.632. The first-order valence-corrected chi connectivity index (χ1v) is 6.45. The average molecular weight is 271 g/mol. The molecule has 1 rings (SSSR count). The number of anilines is 1. The van der Waals surface area contributed by atoms with E-state index in [1.807, 2.05) is 19.9 Å². The normalized spacial score (nSPS) is 12.3. The standard InChI is InChI=1S/C13H19ClN2O2/c1-9(2)16-13(18)11-5-3-4-6-12(11)15-8-10(17)7-14/h3-6,9-10,15,17H,7-8H2,1-2H3,(H,16,18). The Morgan fingerprint density at radius 2 is 2.06 bits per heavy atom. The minimum absolute atomic E-state index is 0.0824. The van der Waals surface area contributed by atoms with Crippen LogP contribution in [0.25, 0.3) is 0 Å². The Kier molecular flexibility index (Phi) is 5.95. The number of aliphatic hydroxyl groups is 1. The molecular formula is C13H19ClN2O2. The third kappa shape index (κ3) is 4.55. The second kappa shape index (κ2) is 7.24. The van der Waals surface area contributed by atoms with Crippen molar-refractivity contribution in [1.29, 1.82) is 0 Å². The zero-order chi connectivity index (χ0) is 13.5. The summed E-state index contributed by atoms with van der Waals surface area (Å²) in [5.41, 5.74) is 1.26. The molecule has 1 atom stereocenters. The molecule has 0 aliphatic rings. The van der Waals surface area contributed by atoms with Gasteiger partial charge < -0.3 is 15.7 Å². The van der Waals surface area contributed by atoms with E-state index in [1.165, 1.54) is 0 Å². The number of hydrogen-bond acceptors (Lipinski definition) is 3. The summed E-state index contributed by atoms with van der Waals surface area (Å²) in [5, 5.41) is 15.3. The van der Waals surface area contributed by atoms with Gasteiger partial charge in [-0.25, -0.2) is 0 Å². The third-order valence-corrected chi connectivity index (χ3v) is 2.65. The van der Waals surface area contributed by atoms with E-state index in [1.54, 1.807) is 18.2 Å². The lowest BCUT2D eigenvalue weighted by Crippen LogP contribution is -2.31. The maximum atomic E-state index is 12.0. The number of rotatable bonds is 6. The van der Waals surface area contributed by atoms with Crippen LogP contribution in [-0.4, -0.2) is 35.6 Å². The van der Waals surface area contributed by atoms with E-state index in [2.05, 4.69) is 10.6 Å². The molecule has 0 heterocycles. The highest BCUT2D eigenvalue weighted by molar-refractivity contribution is 6.18. The van der Waals surface area contributed by atoms with Crippen molar-refractivity contribution in [3.05, 3.63) is 29.8 Å². The number of nitrogens with one attached hydrogen (secondary N) is 2. The van der Waals surface area contributed by atoms with Crippen molar-refractivity contribution in [2.75, 3.05) is 17.7 Å². The molecule has 4 nitrogen and oxygen atoms in total. The van der Waals surface area contributed by atoms with Crippen molar-refractivity contribution in [2.24, 2.45) is 0 Å². The third-order valence-electron chi connectivity index (χ3n) is 2.30. The van der Waals surface area contributed by atoms with Gasteiger partial charge in [-0.1, -0.05) is 12.1 Å². The maximum Gasteiger partial charge on any atom is 0.253 e. The summed E-state index contributed by atoms with van der Waals surface area (Å²) in [6, 6.07) is 7.27. The summed E-state index contributed by atoms with van der Waals surface area (Å²) in [6.45, 7) is 4.13. The monoisotopic (exact) mass is 270 g/mol. The number of alkyl halides is 1. The smallest absolute Gasteiger partial charge is 0.253 e. The van der Waals surface area contributed by atoms with E-state index in [0.29, 0.717) is 17.8 Å². The number of benzene rings is 1. The Balaban J connectivity index is 2.76.